The van der Waals surface area contributed by atoms with E-state index in [0.29, 0.717) is 25.7 Å². The maximum atomic E-state index is 14.5. The van der Waals surface area contributed by atoms with E-state index in [4.69, 9.17) is 5.73 Å². The normalized spacial score (nSPS) is 17.9. The Balaban J connectivity index is 2.30. The minimum absolute atomic E-state index is 0.102. The van der Waals surface area contributed by atoms with Crippen LogP contribution in [0.5, 0.6) is 0 Å². The van der Waals surface area contributed by atoms with E-state index < -0.39 is 136 Å². The van der Waals surface area contributed by atoms with Gasteiger partial charge in [-0.15, -0.1) is 0 Å². The van der Waals surface area contributed by atoms with E-state index >= 15 is 0 Å². The molecule has 2 saturated heterocycles. The van der Waals surface area contributed by atoms with Gasteiger partial charge in [0, 0.05) is 26.4 Å². The van der Waals surface area contributed by atoms with Gasteiger partial charge in [0.2, 0.25) is 70.9 Å². The van der Waals surface area contributed by atoms with E-state index in [0.717, 1.165) is 0 Å². The minimum atomic E-state index is -1.65. The molecule has 0 saturated carbocycles. The van der Waals surface area contributed by atoms with Crippen molar-refractivity contribution in [1.29, 1.82) is 0 Å². The Morgan fingerprint density at radius 2 is 0.892 bits per heavy atom. The maximum Gasteiger partial charge on any atom is 0.248 e. The summed E-state index contributed by atoms with van der Waals surface area (Å²) in [5.41, 5.74) is 0.747. The van der Waals surface area contributed by atoms with Crippen LogP contribution in [0.25, 0.3) is 0 Å². The third-order valence-corrected chi connectivity index (χ3v) is 14.5. The highest BCUT2D eigenvalue weighted by atomic mass is 16.3. The molecular weight excluding hydrogens is 1070 g/mol. The number of aliphatic hydroxyl groups excluding tert-OH is 1. The Hall–Kier alpha value is -6.40. The van der Waals surface area contributed by atoms with E-state index in [1.54, 1.807) is 13.8 Å². The average molecular weight is 1180 g/mol. The van der Waals surface area contributed by atoms with Crippen molar-refractivity contribution >= 4 is 70.9 Å². The highest BCUT2D eigenvalue weighted by molar-refractivity contribution is 6.00. The molecule has 2 rings (SSSR count). The first-order valence-electron chi connectivity index (χ1n) is 29.5. The van der Waals surface area contributed by atoms with Crippen molar-refractivity contribution in [2.45, 2.75) is 247 Å². The van der Waals surface area contributed by atoms with Gasteiger partial charge in [-0.05, 0) is 129 Å². The Morgan fingerprint density at radius 1 is 0.494 bits per heavy atom. The second kappa shape index (κ2) is 32.0. The molecule has 0 aromatic carbocycles. The summed E-state index contributed by atoms with van der Waals surface area (Å²) in [5.74, 6) is -8.51. The van der Waals surface area contributed by atoms with E-state index in [9.17, 15) is 62.6 Å². The molecule has 83 heavy (non-hydrogen) atoms. The molecule has 12 amide bonds. The van der Waals surface area contributed by atoms with Crippen LogP contribution in [0.1, 0.15) is 182 Å². The number of hydrogen-bond acceptors (Lipinski definition) is 13. The molecule has 2 fully saturated rings. The second-order valence-corrected chi connectivity index (χ2v) is 26.2. The second-order valence-electron chi connectivity index (χ2n) is 26.2. The van der Waals surface area contributed by atoms with Crippen molar-refractivity contribution in [1.82, 2.24) is 57.7 Å². The largest absolute Gasteiger partial charge is 0.394 e. The van der Waals surface area contributed by atoms with Gasteiger partial charge in [0.25, 0.3) is 0 Å². The van der Waals surface area contributed by atoms with Crippen molar-refractivity contribution in [2.75, 3.05) is 19.7 Å². The van der Waals surface area contributed by atoms with E-state index in [1.807, 2.05) is 55.4 Å². The standard InChI is InChI=1S/C58H102N12O13/c1-31(2)26-37(30-71)60-50(78)42-20-18-24-69(42)54(82)57(14,15)67-48(76)40(28-33(5)6)61-47(75)39(27-32(3)4)62-51(79)43-21-19-25-70(43)55(83)58(16,17)68-49(77)41(29-34(7)8)63-52(80)45(35(9)10)65-46(74)38(22-23-44(59)73)64-53(81)56(12,13)66-36(11)72/h31-35,37-43,45,71H,18-30H2,1-17H3,(H2,59,73)(H,60,78)(H,61,75)(H,62,79)(H,63,80)(H,64,81)(H,65,74)(H,66,72)(H,67,76)(H,68,77). The zero-order valence-corrected chi connectivity index (χ0v) is 52.5. The van der Waals surface area contributed by atoms with Crippen LogP contribution in [0.15, 0.2) is 0 Å². The van der Waals surface area contributed by atoms with Crippen LogP contribution < -0.4 is 53.6 Å². The summed E-state index contributed by atoms with van der Waals surface area (Å²) < 4.78 is 0. The summed E-state index contributed by atoms with van der Waals surface area (Å²) in [6.07, 6.45) is 2.06. The molecule has 0 bridgehead atoms. The van der Waals surface area contributed by atoms with Gasteiger partial charge in [-0.25, -0.2) is 0 Å². The SMILES string of the molecule is CC(=O)NC(C)(C)C(=O)NC(CCC(N)=O)C(=O)NC(C(=O)NC(CC(C)C)C(=O)NC(C)(C)C(=O)N1CCCC1C(=O)NC(CC(C)C)C(=O)NC(CC(C)C)C(=O)NC(C)(C)C(=O)N1CCCC1C(=O)NC(CO)CC(C)C)C(C)C. The number of likely N-dealkylation sites (tertiary alicyclic amines) is 2. The predicted molar refractivity (Wildman–Crippen MR) is 312 cm³/mol. The smallest absolute Gasteiger partial charge is 0.248 e. The van der Waals surface area contributed by atoms with Gasteiger partial charge in [-0.1, -0.05) is 69.2 Å². The third-order valence-electron chi connectivity index (χ3n) is 14.5. The Bertz CT molecular complexity index is 2320. The molecule has 0 aromatic rings. The number of carbonyl (C=O) groups is 12. The number of hydrogen-bond donors (Lipinski definition) is 11. The molecule has 0 aromatic heterocycles. The topological polar surface area (TPSA) is 366 Å². The lowest BCUT2D eigenvalue weighted by atomic mass is 9.97. The quantitative estimate of drug-likeness (QED) is 0.0442. The van der Waals surface area contributed by atoms with Crippen molar-refractivity contribution < 1.29 is 62.6 Å². The first-order chi connectivity index (χ1) is 38.2. The fourth-order valence-electron chi connectivity index (χ4n) is 10.3. The van der Waals surface area contributed by atoms with Gasteiger partial charge in [-0.3, -0.25) is 57.5 Å². The van der Waals surface area contributed by atoms with Crippen LogP contribution in [0.4, 0.5) is 0 Å². The number of nitrogens with one attached hydrogen (secondary N) is 9. The Labute approximate surface area is 491 Å². The van der Waals surface area contributed by atoms with E-state index in [1.165, 1.54) is 58.3 Å². The summed E-state index contributed by atoms with van der Waals surface area (Å²) >= 11 is 0. The number of nitrogens with zero attached hydrogens (tertiary/aromatic N) is 2. The van der Waals surface area contributed by atoms with Gasteiger partial charge in [0.15, 0.2) is 0 Å². The van der Waals surface area contributed by atoms with Gasteiger partial charge in [0.05, 0.1) is 12.6 Å². The first kappa shape index (κ1) is 72.7. The highest BCUT2D eigenvalue weighted by Crippen LogP contribution is 2.25. The monoisotopic (exact) mass is 1170 g/mol. The van der Waals surface area contributed by atoms with Crippen LogP contribution >= 0.6 is 0 Å². The molecule has 8 unspecified atom stereocenters. The zero-order valence-electron chi connectivity index (χ0n) is 52.5. The summed E-state index contributed by atoms with van der Waals surface area (Å²) in [6, 6.07) is -8.49. The number of primary amides is 1. The third kappa shape index (κ3) is 22.9. The molecule has 0 aliphatic carbocycles. The molecular formula is C58H102N12O13. The van der Waals surface area contributed by atoms with Crippen LogP contribution in [0.3, 0.4) is 0 Å². The summed E-state index contributed by atoms with van der Waals surface area (Å²) in [4.78, 5) is 166. The van der Waals surface area contributed by atoms with E-state index in [-0.39, 0.29) is 87.8 Å². The van der Waals surface area contributed by atoms with Crippen molar-refractivity contribution in [3.63, 3.8) is 0 Å². The molecule has 2 heterocycles. The van der Waals surface area contributed by atoms with Crippen molar-refractivity contribution in [3.05, 3.63) is 0 Å². The van der Waals surface area contributed by atoms with Crippen LogP contribution in [0, 0.1) is 29.6 Å². The van der Waals surface area contributed by atoms with Crippen molar-refractivity contribution in [3.8, 4) is 0 Å². The molecule has 12 N–H and O–H groups in total. The average Bonchev–Trinajstić information content (AvgIpc) is 4.31. The lowest BCUT2D eigenvalue weighted by Gasteiger charge is -2.35. The highest BCUT2D eigenvalue weighted by Gasteiger charge is 2.46. The molecule has 0 radical (unpaired) electrons. The molecule has 25 nitrogen and oxygen atoms in total. The molecule has 472 valence electrons. The Morgan fingerprint density at radius 3 is 1.28 bits per heavy atom. The zero-order chi connectivity index (χ0) is 63.6. The number of nitrogens with two attached hydrogens (primary N) is 1. The van der Waals surface area contributed by atoms with Gasteiger partial charge in [0.1, 0.15) is 58.9 Å². The van der Waals surface area contributed by atoms with Crippen LogP contribution in [-0.2, 0) is 57.5 Å². The predicted octanol–water partition coefficient (Wildman–Crippen LogP) is 0.680. The fourth-order valence-corrected chi connectivity index (χ4v) is 10.3. The minimum Gasteiger partial charge on any atom is -0.394 e. The summed E-state index contributed by atoms with van der Waals surface area (Å²) in [7, 11) is 0. The van der Waals surface area contributed by atoms with Crippen molar-refractivity contribution in [2.24, 2.45) is 35.3 Å². The summed E-state index contributed by atoms with van der Waals surface area (Å²) in [5, 5.41) is 34.4. The molecule has 0 spiro atoms. The maximum absolute atomic E-state index is 14.5. The molecule has 8 atom stereocenters. The first-order valence-corrected chi connectivity index (χ1v) is 29.5. The number of rotatable bonds is 32. The Kier molecular flexibility index (Phi) is 28.1. The fraction of sp³-hybridized carbons (Fsp3) is 0.793. The van der Waals surface area contributed by atoms with E-state index in [2.05, 4.69) is 47.9 Å². The summed E-state index contributed by atoms with van der Waals surface area (Å²) in [6.45, 7) is 28.5. The number of aliphatic hydroxyl groups is 1. The van der Waals surface area contributed by atoms with Crippen LogP contribution in [-0.4, -0.2) is 170 Å². The lowest BCUT2D eigenvalue weighted by Crippen LogP contribution is -2.64. The number of amides is 12. The van der Waals surface area contributed by atoms with Gasteiger partial charge < -0.3 is 68.5 Å². The molecule has 2 aliphatic rings. The van der Waals surface area contributed by atoms with Gasteiger partial charge in [-0.2, -0.15) is 0 Å². The number of carbonyl (C=O) groups excluding carboxylic acids is 12. The van der Waals surface area contributed by atoms with Gasteiger partial charge >= 0.3 is 0 Å². The lowest BCUT2D eigenvalue weighted by molar-refractivity contribution is -0.146. The van der Waals surface area contributed by atoms with Crippen LogP contribution in [0.2, 0.25) is 0 Å². The molecule has 25 heteroatoms. The molecule has 2 aliphatic heterocycles.